The molecule has 0 saturated heterocycles. The third-order valence-corrected chi connectivity index (χ3v) is 2.97. The number of hydrogen-bond acceptors (Lipinski definition) is 2. The standard InChI is InChI=1S/C12H28N2/c1-8-14(7)11(3)10(2)9-13-12(4,5)6/h10-11,13H,8-9H2,1-7H3. The van der Waals surface area contributed by atoms with Gasteiger partial charge in [0.25, 0.3) is 0 Å². The lowest BCUT2D eigenvalue weighted by Gasteiger charge is -2.31. The Bertz CT molecular complexity index is 149. The topological polar surface area (TPSA) is 15.3 Å². The molecular weight excluding hydrogens is 172 g/mol. The fourth-order valence-corrected chi connectivity index (χ4v) is 1.36. The minimum atomic E-state index is 0.235. The first-order valence-corrected chi connectivity index (χ1v) is 5.73. The molecule has 0 saturated carbocycles. The van der Waals surface area contributed by atoms with E-state index in [0.29, 0.717) is 12.0 Å². The van der Waals surface area contributed by atoms with Crippen molar-refractivity contribution in [3.05, 3.63) is 0 Å². The van der Waals surface area contributed by atoms with Crippen molar-refractivity contribution in [1.29, 1.82) is 0 Å². The summed E-state index contributed by atoms with van der Waals surface area (Å²) in [4.78, 5) is 2.40. The lowest BCUT2D eigenvalue weighted by Crippen LogP contribution is -2.44. The first-order chi connectivity index (χ1) is 6.28. The molecule has 0 aromatic carbocycles. The monoisotopic (exact) mass is 200 g/mol. The molecule has 0 rings (SSSR count). The SMILES string of the molecule is CCN(C)C(C)C(C)CNC(C)(C)C. The largest absolute Gasteiger partial charge is 0.312 e. The van der Waals surface area contributed by atoms with Crippen LogP contribution >= 0.6 is 0 Å². The van der Waals surface area contributed by atoms with E-state index >= 15 is 0 Å². The summed E-state index contributed by atoms with van der Waals surface area (Å²) in [6.45, 7) is 15.7. The summed E-state index contributed by atoms with van der Waals surface area (Å²) in [5.41, 5.74) is 0.235. The summed E-state index contributed by atoms with van der Waals surface area (Å²) in [6, 6.07) is 0.648. The van der Waals surface area contributed by atoms with Crippen molar-refractivity contribution in [1.82, 2.24) is 10.2 Å². The van der Waals surface area contributed by atoms with Crippen molar-refractivity contribution >= 4 is 0 Å². The van der Waals surface area contributed by atoms with Crippen molar-refractivity contribution in [3.63, 3.8) is 0 Å². The lowest BCUT2D eigenvalue weighted by molar-refractivity contribution is 0.197. The van der Waals surface area contributed by atoms with Crippen molar-refractivity contribution in [3.8, 4) is 0 Å². The molecule has 0 aromatic rings. The summed E-state index contributed by atoms with van der Waals surface area (Å²) in [6.07, 6.45) is 0. The highest BCUT2D eigenvalue weighted by atomic mass is 15.1. The molecule has 0 heterocycles. The molecule has 86 valence electrons. The van der Waals surface area contributed by atoms with Crippen molar-refractivity contribution in [2.24, 2.45) is 5.92 Å². The van der Waals surface area contributed by atoms with Crippen molar-refractivity contribution < 1.29 is 0 Å². The molecule has 14 heavy (non-hydrogen) atoms. The Morgan fingerprint density at radius 3 is 2.07 bits per heavy atom. The predicted octanol–water partition coefficient (Wildman–Crippen LogP) is 2.35. The van der Waals surface area contributed by atoms with Gasteiger partial charge in [-0.05, 0) is 53.8 Å². The first-order valence-electron chi connectivity index (χ1n) is 5.73. The molecular formula is C12H28N2. The van der Waals surface area contributed by atoms with Crippen LogP contribution in [0.25, 0.3) is 0 Å². The predicted molar refractivity (Wildman–Crippen MR) is 64.7 cm³/mol. The maximum Gasteiger partial charge on any atom is 0.0101 e. The zero-order valence-electron chi connectivity index (χ0n) is 11.0. The minimum Gasteiger partial charge on any atom is -0.312 e. The molecule has 0 aliphatic heterocycles. The Balaban J connectivity index is 3.90. The van der Waals surface area contributed by atoms with Gasteiger partial charge in [-0.2, -0.15) is 0 Å². The third-order valence-electron chi connectivity index (χ3n) is 2.97. The second kappa shape index (κ2) is 5.72. The van der Waals surface area contributed by atoms with Gasteiger partial charge in [0, 0.05) is 11.6 Å². The van der Waals surface area contributed by atoms with E-state index in [1.54, 1.807) is 0 Å². The van der Waals surface area contributed by atoms with Crippen LogP contribution in [0.1, 0.15) is 41.5 Å². The van der Waals surface area contributed by atoms with Gasteiger partial charge >= 0.3 is 0 Å². The Morgan fingerprint density at radius 1 is 1.21 bits per heavy atom. The molecule has 2 heteroatoms. The maximum absolute atomic E-state index is 3.55. The molecule has 0 spiro atoms. The van der Waals surface area contributed by atoms with Gasteiger partial charge < -0.3 is 10.2 Å². The van der Waals surface area contributed by atoms with Crippen LogP contribution in [0.3, 0.4) is 0 Å². The number of nitrogens with zero attached hydrogens (tertiary/aromatic N) is 1. The first kappa shape index (κ1) is 13.9. The van der Waals surface area contributed by atoms with Crippen LogP contribution in [0.15, 0.2) is 0 Å². The van der Waals surface area contributed by atoms with Gasteiger partial charge in [0.15, 0.2) is 0 Å². The van der Waals surface area contributed by atoms with E-state index in [1.165, 1.54) is 0 Å². The van der Waals surface area contributed by atoms with Gasteiger partial charge in [-0.1, -0.05) is 13.8 Å². The van der Waals surface area contributed by atoms with Gasteiger partial charge in [0.2, 0.25) is 0 Å². The van der Waals surface area contributed by atoms with Crippen molar-refractivity contribution in [2.75, 3.05) is 20.1 Å². The van der Waals surface area contributed by atoms with Gasteiger partial charge in [-0.25, -0.2) is 0 Å². The highest BCUT2D eigenvalue weighted by molar-refractivity contribution is 4.76. The highest BCUT2D eigenvalue weighted by Crippen LogP contribution is 2.09. The smallest absolute Gasteiger partial charge is 0.0101 e. The zero-order chi connectivity index (χ0) is 11.4. The summed E-state index contributed by atoms with van der Waals surface area (Å²) in [7, 11) is 2.19. The molecule has 2 unspecified atom stereocenters. The van der Waals surface area contributed by atoms with Crippen LogP contribution in [0.4, 0.5) is 0 Å². The van der Waals surface area contributed by atoms with Gasteiger partial charge in [-0.15, -0.1) is 0 Å². The van der Waals surface area contributed by atoms with E-state index in [-0.39, 0.29) is 5.54 Å². The summed E-state index contributed by atoms with van der Waals surface area (Å²) in [5.74, 6) is 0.694. The van der Waals surface area contributed by atoms with Crippen LogP contribution in [-0.2, 0) is 0 Å². The molecule has 0 fully saturated rings. The number of rotatable bonds is 5. The van der Waals surface area contributed by atoms with Crippen LogP contribution in [0, 0.1) is 5.92 Å². The molecule has 2 nitrogen and oxygen atoms in total. The van der Waals surface area contributed by atoms with E-state index in [2.05, 4.69) is 58.8 Å². The normalized spacial score (nSPS) is 17.1. The van der Waals surface area contributed by atoms with Gasteiger partial charge in [0.05, 0.1) is 0 Å². The van der Waals surface area contributed by atoms with Gasteiger partial charge in [0.1, 0.15) is 0 Å². The Hall–Kier alpha value is -0.0800. The Morgan fingerprint density at radius 2 is 1.71 bits per heavy atom. The average molecular weight is 200 g/mol. The van der Waals surface area contributed by atoms with Crippen LogP contribution < -0.4 is 5.32 Å². The molecule has 0 aliphatic carbocycles. The molecule has 0 aliphatic rings. The quantitative estimate of drug-likeness (QED) is 0.733. The van der Waals surface area contributed by atoms with Gasteiger partial charge in [-0.3, -0.25) is 0 Å². The fraction of sp³-hybridized carbons (Fsp3) is 1.00. The summed E-state index contributed by atoms with van der Waals surface area (Å²) < 4.78 is 0. The minimum absolute atomic E-state index is 0.235. The van der Waals surface area contributed by atoms with Crippen LogP contribution in [-0.4, -0.2) is 36.6 Å². The lowest BCUT2D eigenvalue weighted by atomic mass is 10.0. The van der Waals surface area contributed by atoms with E-state index < -0.39 is 0 Å². The average Bonchev–Trinajstić information content (AvgIpc) is 2.10. The second-order valence-electron chi connectivity index (χ2n) is 5.42. The Kier molecular flexibility index (Phi) is 5.68. The van der Waals surface area contributed by atoms with E-state index in [4.69, 9.17) is 0 Å². The molecule has 0 bridgehead atoms. The van der Waals surface area contributed by atoms with Crippen molar-refractivity contribution in [2.45, 2.75) is 53.1 Å². The van der Waals surface area contributed by atoms with E-state index in [9.17, 15) is 0 Å². The van der Waals surface area contributed by atoms with Crippen LogP contribution in [0.2, 0.25) is 0 Å². The second-order valence-corrected chi connectivity index (χ2v) is 5.42. The molecule has 0 radical (unpaired) electrons. The third kappa shape index (κ3) is 5.61. The van der Waals surface area contributed by atoms with E-state index in [1.807, 2.05) is 0 Å². The number of hydrogen-bond donors (Lipinski definition) is 1. The highest BCUT2D eigenvalue weighted by Gasteiger charge is 2.17. The molecule has 2 atom stereocenters. The molecule has 0 aromatic heterocycles. The molecule has 0 amide bonds. The fourth-order valence-electron chi connectivity index (χ4n) is 1.36. The number of nitrogens with one attached hydrogen (secondary N) is 1. The van der Waals surface area contributed by atoms with E-state index in [0.717, 1.165) is 13.1 Å². The van der Waals surface area contributed by atoms with Crippen LogP contribution in [0.5, 0.6) is 0 Å². The maximum atomic E-state index is 3.55. The Labute approximate surface area is 90.1 Å². The summed E-state index contributed by atoms with van der Waals surface area (Å²) in [5, 5.41) is 3.55. The zero-order valence-corrected chi connectivity index (χ0v) is 11.0. The summed E-state index contributed by atoms with van der Waals surface area (Å²) >= 11 is 0. The molecule has 1 N–H and O–H groups in total.